The number of nitrogens with two attached hydrogens (primary N) is 1. The fourth-order valence-electron chi connectivity index (χ4n) is 2.55. The number of benzene rings is 2. The van der Waals surface area contributed by atoms with Gasteiger partial charge in [-0.2, -0.15) is 0 Å². The lowest BCUT2D eigenvalue weighted by molar-refractivity contribution is -0.116. The minimum absolute atomic E-state index is 0.00989. The van der Waals surface area contributed by atoms with Crippen LogP contribution in [-0.2, 0) is 4.79 Å². The zero-order valence-electron chi connectivity index (χ0n) is 14.4. The lowest BCUT2D eigenvalue weighted by Crippen LogP contribution is -2.12. The van der Waals surface area contributed by atoms with Crippen molar-refractivity contribution >= 4 is 23.1 Å². The second kappa shape index (κ2) is 9.65. The Bertz CT molecular complexity index is 761. The number of Topliss-reactive ketones (excluding diaryl/α,β-unsaturated/α-hetero) is 1. The van der Waals surface area contributed by atoms with Gasteiger partial charge >= 0.3 is 0 Å². The molecule has 0 bridgehead atoms. The van der Waals surface area contributed by atoms with Crippen molar-refractivity contribution in [2.75, 3.05) is 11.1 Å². The van der Waals surface area contributed by atoms with Crippen LogP contribution < -0.4 is 11.1 Å². The van der Waals surface area contributed by atoms with Gasteiger partial charge in [-0.15, -0.1) is 0 Å². The average molecular weight is 360 g/mol. The standard InChI is InChI=1S/C20H22F2N2O2/c21-15-9-7-14(8-10-15)19(25)5-3-1-2-4-6-20(26)24-18-13-16(22)11-12-17(18)23/h7-13H,1-6,23H2,(H,24,26). The van der Waals surface area contributed by atoms with Crippen molar-refractivity contribution in [2.24, 2.45) is 0 Å². The van der Waals surface area contributed by atoms with E-state index in [1.165, 1.54) is 42.5 Å². The van der Waals surface area contributed by atoms with E-state index in [0.717, 1.165) is 12.8 Å². The molecule has 0 spiro atoms. The van der Waals surface area contributed by atoms with Crippen LogP contribution in [0.25, 0.3) is 0 Å². The highest BCUT2D eigenvalue weighted by atomic mass is 19.1. The molecule has 2 rings (SSSR count). The van der Waals surface area contributed by atoms with Crippen molar-refractivity contribution in [3.63, 3.8) is 0 Å². The Morgan fingerprint density at radius 2 is 1.46 bits per heavy atom. The van der Waals surface area contributed by atoms with E-state index in [9.17, 15) is 18.4 Å². The monoisotopic (exact) mass is 360 g/mol. The summed E-state index contributed by atoms with van der Waals surface area (Å²) in [6.45, 7) is 0. The van der Waals surface area contributed by atoms with Gasteiger partial charge in [-0.05, 0) is 55.3 Å². The van der Waals surface area contributed by atoms with Crippen LogP contribution in [0.4, 0.5) is 20.2 Å². The Morgan fingerprint density at radius 1 is 0.846 bits per heavy atom. The van der Waals surface area contributed by atoms with Gasteiger partial charge in [-0.3, -0.25) is 9.59 Å². The summed E-state index contributed by atoms with van der Waals surface area (Å²) in [5.74, 6) is -1.05. The second-order valence-electron chi connectivity index (χ2n) is 6.12. The Labute approximate surface area is 151 Å². The van der Waals surface area contributed by atoms with Gasteiger partial charge in [0.2, 0.25) is 5.91 Å². The number of nitrogen functional groups attached to an aromatic ring is 1. The first-order valence-electron chi connectivity index (χ1n) is 8.59. The summed E-state index contributed by atoms with van der Waals surface area (Å²) < 4.78 is 26.0. The largest absolute Gasteiger partial charge is 0.397 e. The molecular weight excluding hydrogens is 338 g/mol. The molecule has 4 nitrogen and oxygen atoms in total. The van der Waals surface area contributed by atoms with E-state index in [-0.39, 0.29) is 23.2 Å². The fourth-order valence-corrected chi connectivity index (χ4v) is 2.55. The molecule has 26 heavy (non-hydrogen) atoms. The van der Waals surface area contributed by atoms with Gasteiger partial charge in [0.25, 0.3) is 0 Å². The molecule has 0 aliphatic carbocycles. The molecule has 0 radical (unpaired) electrons. The van der Waals surface area contributed by atoms with Crippen molar-refractivity contribution in [3.05, 3.63) is 59.7 Å². The molecular formula is C20H22F2N2O2. The normalized spacial score (nSPS) is 10.5. The minimum Gasteiger partial charge on any atom is -0.397 e. The molecule has 0 atom stereocenters. The molecule has 6 heteroatoms. The highest BCUT2D eigenvalue weighted by Gasteiger charge is 2.08. The first-order chi connectivity index (χ1) is 12.5. The summed E-state index contributed by atoms with van der Waals surface area (Å²) in [4.78, 5) is 23.8. The highest BCUT2D eigenvalue weighted by molar-refractivity contribution is 5.96. The Morgan fingerprint density at radius 3 is 2.15 bits per heavy atom. The molecule has 3 N–H and O–H groups in total. The summed E-state index contributed by atoms with van der Waals surface area (Å²) >= 11 is 0. The Balaban J connectivity index is 1.61. The number of amides is 1. The van der Waals surface area contributed by atoms with Crippen LogP contribution in [0, 0.1) is 11.6 Å². The third kappa shape index (κ3) is 6.27. The van der Waals surface area contributed by atoms with Crippen molar-refractivity contribution in [1.29, 1.82) is 0 Å². The molecule has 2 aromatic carbocycles. The summed E-state index contributed by atoms with van der Waals surface area (Å²) in [6.07, 6.45) is 3.73. The average Bonchev–Trinajstić information content (AvgIpc) is 2.61. The third-order valence-corrected chi connectivity index (χ3v) is 4.01. The van der Waals surface area contributed by atoms with Crippen LogP contribution in [0.3, 0.4) is 0 Å². The zero-order chi connectivity index (χ0) is 18.9. The molecule has 0 aliphatic heterocycles. The van der Waals surface area contributed by atoms with Crippen LogP contribution in [-0.4, -0.2) is 11.7 Å². The number of carbonyl (C=O) groups is 2. The van der Waals surface area contributed by atoms with Gasteiger partial charge in [0, 0.05) is 18.4 Å². The minimum atomic E-state index is -0.458. The van der Waals surface area contributed by atoms with Crippen LogP contribution in [0.1, 0.15) is 48.9 Å². The number of nitrogens with one attached hydrogen (secondary N) is 1. The van der Waals surface area contributed by atoms with E-state index in [0.29, 0.717) is 36.9 Å². The van der Waals surface area contributed by atoms with Gasteiger partial charge in [-0.25, -0.2) is 8.78 Å². The predicted octanol–water partition coefficient (Wildman–Crippen LogP) is 4.71. The summed E-state index contributed by atoms with van der Waals surface area (Å²) in [5.41, 5.74) is 6.79. The van der Waals surface area contributed by atoms with Gasteiger partial charge in [0.1, 0.15) is 11.6 Å². The van der Waals surface area contributed by atoms with E-state index in [4.69, 9.17) is 5.73 Å². The fraction of sp³-hybridized carbons (Fsp3) is 0.300. The highest BCUT2D eigenvalue weighted by Crippen LogP contribution is 2.19. The van der Waals surface area contributed by atoms with Gasteiger partial charge in [-0.1, -0.05) is 12.8 Å². The molecule has 0 saturated heterocycles. The first-order valence-corrected chi connectivity index (χ1v) is 8.59. The molecule has 0 aliphatic rings. The SMILES string of the molecule is Nc1ccc(F)cc1NC(=O)CCCCCCC(=O)c1ccc(F)cc1. The second-order valence-corrected chi connectivity index (χ2v) is 6.12. The molecule has 0 unspecified atom stereocenters. The lowest BCUT2D eigenvalue weighted by Gasteiger charge is -2.08. The molecule has 1 amide bonds. The first kappa shape index (κ1) is 19.6. The summed E-state index contributed by atoms with van der Waals surface area (Å²) in [7, 11) is 0. The maximum absolute atomic E-state index is 13.1. The van der Waals surface area contributed by atoms with Crippen molar-refractivity contribution < 1.29 is 18.4 Å². The van der Waals surface area contributed by atoms with Crippen LogP contribution >= 0.6 is 0 Å². The molecule has 0 heterocycles. The quantitative estimate of drug-likeness (QED) is 0.386. The third-order valence-electron chi connectivity index (χ3n) is 4.01. The van der Waals surface area contributed by atoms with E-state index in [2.05, 4.69) is 5.32 Å². The molecule has 0 aromatic heterocycles. The van der Waals surface area contributed by atoms with E-state index in [1.54, 1.807) is 0 Å². The van der Waals surface area contributed by atoms with Crippen LogP contribution in [0.5, 0.6) is 0 Å². The topological polar surface area (TPSA) is 72.2 Å². The summed E-state index contributed by atoms with van der Waals surface area (Å²) in [5, 5.41) is 2.60. The van der Waals surface area contributed by atoms with Gasteiger partial charge in [0.05, 0.1) is 11.4 Å². The van der Waals surface area contributed by atoms with E-state index in [1.807, 2.05) is 0 Å². The molecule has 138 valence electrons. The number of hydrogen-bond donors (Lipinski definition) is 2. The smallest absolute Gasteiger partial charge is 0.224 e. The van der Waals surface area contributed by atoms with Gasteiger partial charge in [0.15, 0.2) is 5.78 Å². The number of anilines is 2. The maximum atomic E-state index is 13.1. The molecule has 0 saturated carbocycles. The number of carbonyl (C=O) groups excluding carboxylic acids is 2. The number of halogens is 2. The van der Waals surface area contributed by atoms with E-state index >= 15 is 0 Å². The maximum Gasteiger partial charge on any atom is 0.224 e. The Hall–Kier alpha value is -2.76. The van der Waals surface area contributed by atoms with Gasteiger partial charge < -0.3 is 11.1 Å². The van der Waals surface area contributed by atoms with Crippen LogP contribution in [0.2, 0.25) is 0 Å². The molecule has 2 aromatic rings. The van der Waals surface area contributed by atoms with Crippen molar-refractivity contribution in [1.82, 2.24) is 0 Å². The predicted molar refractivity (Wildman–Crippen MR) is 97.9 cm³/mol. The summed E-state index contributed by atoms with van der Waals surface area (Å²) in [6, 6.07) is 9.35. The number of unbranched alkanes of at least 4 members (excludes halogenated alkanes) is 3. The number of rotatable bonds is 9. The number of ketones is 1. The van der Waals surface area contributed by atoms with Crippen molar-refractivity contribution in [2.45, 2.75) is 38.5 Å². The lowest BCUT2D eigenvalue weighted by atomic mass is 10.0. The number of hydrogen-bond acceptors (Lipinski definition) is 3. The molecule has 0 fully saturated rings. The van der Waals surface area contributed by atoms with Crippen molar-refractivity contribution in [3.8, 4) is 0 Å². The zero-order valence-corrected chi connectivity index (χ0v) is 14.4. The Kier molecular flexibility index (Phi) is 7.26. The van der Waals surface area contributed by atoms with Crippen LogP contribution in [0.15, 0.2) is 42.5 Å². The van der Waals surface area contributed by atoms with E-state index < -0.39 is 5.82 Å².